The van der Waals surface area contributed by atoms with Crippen molar-refractivity contribution in [3.8, 4) is 16.9 Å². The Morgan fingerprint density at radius 2 is 1.83 bits per heavy atom. The van der Waals surface area contributed by atoms with Gasteiger partial charge in [0.2, 0.25) is 0 Å². The monoisotopic (exact) mass is 313 g/mol. The Labute approximate surface area is 135 Å². The van der Waals surface area contributed by atoms with Gasteiger partial charge in [-0.25, -0.2) is 0 Å². The van der Waals surface area contributed by atoms with E-state index in [1.165, 1.54) is 7.11 Å². The van der Waals surface area contributed by atoms with Gasteiger partial charge in [-0.3, -0.25) is 9.59 Å². The Hall–Kier alpha value is -2.82. The highest BCUT2D eigenvalue weighted by Gasteiger charge is 2.10. The molecule has 0 spiro atoms. The maximum absolute atomic E-state index is 11.3. The molecule has 1 amide bonds. The zero-order valence-corrected chi connectivity index (χ0v) is 13.0. The SMILES string of the molecule is COC(=O)CCc1ccc(OCC(N)=O)c(-c2ccccc2)c1. The first-order valence-electron chi connectivity index (χ1n) is 7.26. The molecule has 5 nitrogen and oxygen atoms in total. The molecule has 0 atom stereocenters. The second-order valence-electron chi connectivity index (χ2n) is 5.03. The summed E-state index contributed by atoms with van der Waals surface area (Å²) in [6.45, 7) is -0.179. The number of ether oxygens (including phenoxy) is 2. The molecule has 0 aliphatic heterocycles. The lowest BCUT2D eigenvalue weighted by atomic mass is 10.00. The number of rotatable bonds is 7. The number of benzene rings is 2. The number of primary amides is 1. The average molecular weight is 313 g/mol. The fourth-order valence-corrected chi connectivity index (χ4v) is 2.20. The van der Waals surface area contributed by atoms with Crippen molar-refractivity contribution in [1.29, 1.82) is 0 Å². The average Bonchev–Trinajstić information content (AvgIpc) is 2.58. The number of esters is 1. The number of nitrogens with two attached hydrogens (primary N) is 1. The van der Waals surface area contributed by atoms with E-state index >= 15 is 0 Å². The number of methoxy groups -OCH3 is 1. The van der Waals surface area contributed by atoms with Gasteiger partial charge in [-0.05, 0) is 29.7 Å². The van der Waals surface area contributed by atoms with Gasteiger partial charge in [0.25, 0.3) is 5.91 Å². The third-order valence-electron chi connectivity index (χ3n) is 3.34. The van der Waals surface area contributed by atoms with Crippen molar-refractivity contribution >= 4 is 11.9 Å². The maximum atomic E-state index is 11.3. The molecule has 0 aliphatic rings. The molecule has 0 fully saturated rings. The first-order chi connectivity index (χ1) is 11.1. The molecule has 2 N–H and O–H groups in total. The molecular formula is C18H19NO4. The molecule has 120 valence electrons. The summed E-state index contributed by atoms with van der Waals surface area (Å²) >= 11 is 0. The van der Waals surface area contributed by atoms with Crippen molar-refractivity contribution in [3.05, 3.63) is 54.1 Å². The number of hydrogen-bond donors (Lipinski definition) is 1. The first-order valence-corrected chi connectivity index (χ1v) is 7.26. The predicted octanol–water partition coefficient (Wildman–Crippen LogP) is 2.32. The van der Waals surface area contributed by atoms with Crippen molar-refractivity contribution in [2.24, 2.45) is 5.73 Å². The van der Waals surface area contributed by atoms with Gasteiger partial charge in [0.15, 0.2) is 6.61 Å². The second kappa shape index (κ2) is 7.98. The third-order valence-corrected chi connectivity index (χ3v) is 3.34. The molecule has 0 saturated carbocycles. The molecule has 2 rings (SSSR count). The van der Waals surface area contributed by atoms with Crippen LogP contribution in [0.4, 0.5) is 0 Å². The second-order valence-corrected chi connectivity index (χ2v) is 5.03. The Balaban J connectivity index is 2.28. The van der Waals surface area contributed by atoms with Crippen molar-refractivity contribution in [2.75, 3.05) is 13.7 Å². The van der Waals surface area contributed by atoms with Crippen LogP contribution in [0.2, 0.25) is 0 Å². The van der Waals surface area contributed by atoms with Gasteiger partial charge in [-0.1, -0.05) is 36.4 Å². The van der Waals surface area contributed by atoms with Crippen LogP contribution in [-0.2, 0) is 20.7 Å². The third kappa shape index (κ3) is 4.85. The molecule has 0 radical (unpaired) electrons. The van der Waals surface area contributed by atoms with Crippen LogP contribution in [0.15, 0.2) is 48.5 Å². The molecule has 5 heteroatoms. The summed E-state index contributed by atoms with van der Waals surface area (Å²) in [4.78, 5) is 22.2. The van der Waals surface area contributed by atoms with Gasteiger partial charge in [0.1, 0.15) is 5.75 Å². The highest BCUT2D eigenvalue weighted by atomic mass is 16.5. The minimum Gasteiger partial charge on any atom is -0.483 e. The number of amides is 1. The first kappa shape index (κ1) is 16.5. The Morgan fingerprint density at radius 3 is 2.48 bits per heavy atom. The number of carbonyl (C=O) groups is 2. The Morgan fingerprint density at radius 1 is 1.09 bits per heavy atom. The van der Waals surface area contributed by atoms with Gasteiger partial charge in [-0.2, -0.15) is 0 Å². The van der Waals surface area contributed by atoms with E-state index in [1.54, 1.807) is 6.07 Å². The Kier molecular flexibility index (Phi) is 5.74. The molecule has 0 aromatic heterocycles. The van der Waals surface area contributed by atoms with Crippen LogP contribution in [0.1, 0.15) is 12.0 Å². The summed E-state index contributed by atoms with van der Waals surface area (Å²) in [5.41, 5.74) is 7.95. The van der Waals surface area contributed by atoms with Crippen molar-refractivity contribution in [3.63, 3.8) is 0 Å². The normalized spacial score (nSPS) is 10.1. The zero-order chi connectivity index (χ0) is 16.7. The summed E-state index contributed by atoms with van der Waals surface area (Å²) in [7, 11) is 1.37. The number of aryl methyl sites for hydroxylation is 1. The fraction of sp³-hybridized carbons (Fsp3) is 0.222. The van der Waals surface area contributed by atoms with Crippen LogP contribution in [-0.4, -0.2) is 25.6 Å². The largest absolute Gasteiger partial charge is 0.483 e. The predicted molar refractivity (Wildman–Crippen MR) is 86.9 cm³/mol. The highest BCUT2D eigenvalue weighted by Crippen LogP contribution is 2.31. The van der Waals surface area contributed by atoms with Crippen molar-refractivity contribution < 1.29 is 19.1 Å². The van der Waals surface area contributed by atoms with Crippen molar-refractivity contribution in [2.45, 2.75) is 12.8 Å². The van der Waals surface area contributed by atoms with E-state index in [0.29, 0.717) is 18.6 Å². The van der Waals surface area contributed by atoms with Crippen LogP contribution < -0.4 is 10.5 Å². The van der Waals surface area contributed by atoms with Crippen LogP contribution in [0.3, 0.4) is 0 Å². The van der Waals surface area contributed by atoms with Crippen LogP contribution >= 0.6 is 0 Å². The molecule has 0 unspecified atom stereocenters. The topological polar surface area (TPSA) is 78.6 Å². The van der Waals surface area contributed by atoms with Crippen LogP contribution in [0.25, 0.3) is 11.1 Å². The van der Waals surface area contributed by atoms with Crippen LogP contribution in [0, 0.1) is 0 Å². The molecule has 2 aromatic carbocycles. The van der Waals surface area contributed by atoms with Crippen LogP contribution in [0.5, 0.6) is 5.75 Å². The lowest BCUT2D eigenvalue weighted by molar-refractivity contribution is -0.140. The molecule has 0 saturated heterocycles. The molecule has 0 aliphatic carbocycles. The van der Waals surface area contributed by atoms with Gasteiger partial charge in [0.05, 0.1) is 7.11 Å². The van der Waals surface area contributed by atoms with Gasteiger partial charge < -0.3 is 15.2 Å². The summed E-state index contributed by atoms with van der Waals surface area (Å²) in [6, 6.07) is 15.3. The van der Waals surface area contributed by atoms with E-state index in [-0.39, 0.29) is 12.6 Å². The standard InChI is InChI=1S/C18H19NO4/c1-22-18(21)10-8-13-7-9-16(23-12-17(19)20)15(11-13)14-5-3-2-4-6-14/h2-7,9,11H,8,10,12H2,1H3,(H2,19,20). The van der Waals surface area contributed by atoms with Crippen molar-refractivity contribution in [1.82, 2.24) is 0 Å². The molecule has 23 heavy (non-hydrogen) atoms. The van der Waals surface area contributed by atoms with E-state index in [1.807, 2.05) is 42.5 Å². The lowest BCUT2D eigenvalue weighted by Crippen LogP contribution is -2.20. The summed E-state index contributed by atoms with van der Waals surface area (Å²) in [5.74, 6) is -0.198. The Bertz CT molecular complexity index is 683. The smallest absolute Gasteiger partial charge is 0.305 e. The number of carbonyl (C=O) groups excluding carboxylic acids is 2. The van der Waals surface area contributed by atoms with E-state index in [0.717, 1.165) is 16.7 Å². The van der Waals surface area contributed by atoms with E-state index in [2.05, 4.69) is 4.74 Å². The van der Waals surface area contributed by atoms with E-state index in [4.69, 9.17) is 10.5 Å². The maximum Gasteiger partial charge on any atom is 0.305 e. The zero-order valence-electron chi connectivity index (χ0n) is 13.0. The lowest BCUT2D eigenvalue weighted by Gasteiger charge is -2.12. The van der Waals surface area contributed by atoms with Gasteiger partial charge in [0, 0.05) is 12.0 Å². The van der Waals surface area contributed by atoms with Gasteiger partial charge in [-0.15, -0.1) is 0 Å². The minimum atomic E-state index is -0.529. The molecule has 0 heterocycles. The fourth-order valence-electron chi connectivity index (χ4n) is 2.20. The summed E-state index contributed by atoms with van der Waals surface area (Å²) in [6.07, 6.45) is 0.884. The minimum absolute atomic E-state index is 0.179. The number of hydrogen-bond acceptors (Lipinski definition) is 4. The molecule has 2 aromatic rings. The highest BCUT2D eigenvalue weighted by molar-refractivity contribution is 5.77. The summed E-state index contributed by atoms with van der Waals surface area (Å²) < 4.78 is 10.1. The van der Waals surface area contributed by atoms with E-state index in [9.17, 15) is 9.59 Å². The van der Waals surface area contributed by atoms with E-state index < -0.39 is 5.91 Å². The summed E-state index contributed by atoms with van der Waals surface area (Å²) in [5, 5.41) is 0. The van der Waals surface area contributed by atoms with Gasteiger partial charge >= 0.3 is 5.97 Å². The quantitative estimate of drug-likeness (QED) is 0.796. The molecular weight excluding hydrogens is 294 g/mol. The molecule has 0 bridgehead atoms.